The van der Waals surface area contributed by atoms with E-state index < -0.39 is 41.2 Å². The van der Waals surface area contributed by atoms with Crippen LogP contribution in [0.25, 0.3) is 0 Å². The van der Waals surface area contributed by atoms with Gasteiger partial charge >= 0.3 is 11.7 Å². The van der Waals surface area contributed by atoms with Gasteiger partial charge in [0.2, 0.25) is 5.91 Å². The molecular formula is C26H26N8O7. The van der Waals surface area contributed by atoms with E-state index in [1.807, 2.05) is 24.1 Å². The zero-order valence-electron chi connectivity index (χ0n) is 22.1. The number of hydrazine groups is 1. The van der Waals surface area contributed by atoms with Crippen LogP contribution in [0.1, 0.15) is 34.8 Å². The average molecular weight is 563 g/mol. The van der Waals surface area contributed by atoms with Crippen molar-refractivity contribution < 1.29 is 28.7 Å². The summed E-state index contributed by atoms with van der Waals surface area (Å²) >= 11 is 0. The molecule has 0 saturated carbocycles. The number of carbonyl (C=O) groups is 2. The third-order valence-corrected chi connectivity index (χ3v) is 6.00. The molecule has 4 N–H and O–H groups in total. The number of likely N-dealkylation sites (N-methyl/N-ethyl adjacent to an activating group) is 1. The number of rotatable bonds is 10. The number of aliphatic imine (C=N–C) groups is 2. The first-order chi connectivity index (χ1) is 19.6. The second kappa shape index (κ2) is 12.1. The van der Waals surface area contributed by atoms with Gasteiger partial charge in [-0.25, -0.2) is 15.8 Å². The number of allylic oxidation sites excluding steroid dienone is 1. The molecule has 15 nitrogen and oxygen atoms in total. The molecule has 2 heterocycles. The van der Waals surface area contributed by atoms with Crippen LogP contribution in [0.5, 0.6) is 11.5 Å². The number of primary amides is 1. The summed E-state index contributed by atoms with van der Waals surface area (Å²) < 4.78 is 16.7. The number of amidine groups is 1. The van der Waals surface area contributed by atoms with Crippen molar-refractivity contribution in [3.63, 3.8) is 0 Å². The molecular weight excluding hydrogens is 536 g/mol. The Labute approximate surface area is 234 Å². The fourth-order valence-corrected chi connectivity index (χ4v) is 4.12. The average Bonchev–Trinajstić information content (AvgIpc) is 3.37. The summed E-state index contributed by atoms with van der Waals surface area (Å²) in [4.78, 5) is 46.3. The molecule has 1 amide bonds. The standard InChI is InChI=1S/C26H26N8O7/c1-3-39-21(35)13-20-22(34(37)38)25(40-18-8-7-16(14-27)19(12-18)23(28)36)33(29)26(31-20)41-17-6-4-5-15(11-17)24-30-9-10-32(24)2/h4-8,11-12,26H,3,9-10,13,29H2,1-2H3,(H2,28,36). The second-order valence-corrected chi connectivity index (χ2v) is 8.76. The maximum Gasteiger partial charge on any atom is 0.352 e. The molecule has 0 spiro atoms. The number of ether oxygens (including phenoxy) is 3. The van der Waals surface area contributed by atoms with Crippen LogP contribution in [0.4, 0.5) is 0 Å². The Morgan fingerprint density at radius 2 is 2.02 bits per heavy atom. The van der Waals surface area contributed by atoms with Gasteiger partial charge in [-0.2, -0.15) is 5.26 Å². The fourth-order valence-electron chi connectivity index (χ4n) is 4.12. The summed E-state index contributed by atoms with van der Waals surface area (Å²) in [5.41, 5.74) is 4.92. The van der Waals surface area contributed by atoms with Crippen LogP contribution in [0.15, 0.2) is 64.0 Å². The van der Waals surface area contributed by atoms with E-state index in [4.69, 9.17) is 25.8 Å². The SMILES string of the molecule is CCOC(=O)CC1=NC(Oc2cccc(C3=NCCN3C)c2)N(N)C(Oc2ccc(C#N)c(C(N)=O)c2)=C1[N+](=O)[O-]. The highest BCUT2D eigenvalue weighted by atomic mass is 16.6. The predicted octanol–water partition coefficient (Wildman–Crippen LogP) is 1.12. The predicted molar refractivity (Wildman–Crippen MR) is 144 cm³/mol. The van der Waals surface area contributed by atoms with E-state index in [0.717, 1.165) is 29.0 Å². The van der Waals surface area contributed by atoms with Crippen LogP contribution in [-0.4, -0.2) is 71.4 Å². The Balaban J connectivity index is 1.74. The molecule has 2 aromatic rings. The van der Waals surface area contributed by atoms with E-state index in [1.165, 1.54) is 12.1 Å². The van der Waals surface area contributed by atoms with Gasteiger partial charge in [-0.05, 0) is 37.3 Å². The van der Waals surface area contributed by atoms with Gasteiger partial charge in [-0.3, -0.25) is 24.7 Å². The lowest BCUT2D eigenvalue weighted by Gasteiger charge is -2.31. The van der Waals surface area contributed by atoms with Crippen LogP contribution >= 0.6 is 0 Å². The molecule has 15 heteroatoms. The number of hydrogen-bond acceptors (Lipinski definition) is 13. The summed E-state index contributed by atoms with van der Waals surface area (Å²) in [5, 5.41) is 22.2. The minimum absolute atomic E-state index is 0.0234. The van der Waals surface area contributed by atoms with Gasteiger partial charge < -0.3 is 24.8 Å². The number of nitrogens with two attached hydrogens (primary N) is 2. The molecule has 2 aromatic carbocycles. The van der Waals surface area contributed by atoms with Crippen LogP contribution in [0.2, 0.25) is 0 Å². The molecule has 2 aliphatic rings. The molecule has 1 unspecified atom stereocenters. The van der Waals surface area contributed by atoms with Crippen molar-refractivity contribution in [2.75, 3.05) is 26.7 Å². The molecule has 0 fully saturated rings. The molecule has 0 saturated heterocycles. The van der Waals surface area contributed by atoms with Crippen molar-refractivity contribution in [3.8, 4) is 17.6 Å². The van der Waals surface area contributed by atoms with Crippen molar-refractivity contribution in [2.24, 2.45) is 21.6 Å². The normalized spacial score (nSPS) is 16.5. The number of nitrogens with zero attached hydrogens (tertiary/aromatic N) is 6. The van der Waals surface area contributed by atoms with E-state index >= 15 is 0 Å². The zero-order valence-corrected chi connectivity index (χ0v) is 22.1. The molecule has 4 rings (SSSR count). The highest BCUT2D eigenvalue weighted by Crippen LogP contribution is 2.29. The lowest BCUT2D eigenvalue weighted by molar-refractivity contribution is -0.420. The summed E-state index contributed by atoms with van der Waals surface area (Å²) in [6, 6.07) is 12.5. The number of amides is 1. The number of carbonyl (C=O) groups excluding carboxylic acids is 2. The molecule has 0 bridgehead atoms. The van der Waals surface area contributed by atoms with Crippen LogP contribution in [-0.2, 0) is 9.53 Å². The minimum atomic E-state index is -1.41. The molecule has 0 aromatic heterocycles. The molecule has 0 aliphatic carbocycles. The summed E-state index contributed by atoms with van der Waals surface area (Å²) in [5.74, 6) is 5.02. The Hall–Kier alpha value is -5.49. The van der Waals surface area contributed by atoms with Gasteiger partial charge in [-0.15, -0.1) is 0 Å². The minimum Gasteiger partial charge on any atom is -0.466 e. The molecule has 212 valence electrons. The first kappa shape index (κ1) is 28.5. The third-order valence-electron chi connectivity index (χ3n) is 6.00. The van der Waals surface area contributed by atoms with E-state index in [2.05, 4.69) is 9.98 Å². The third kappa shape index (κ3) is 6.23. The van der Waals surface area contributed by atoms with Crippen molar-refractivity contribution in [2.45, 2.75) is 19.7 Å². The van der Waals surface area contributed by atoms with E-state index in [1.54, 1.807) is 25.1 Å². The highest BCUT2D eigenvalue weighted by molar-refractivity contribution is 6.08. The fraction of sp³-hybridized carbons (Fsp3) is 0.269. The summed E-state index contributed by atoms with van der Waals surface area (Å²) in [6.45, 7) is 3.05. The molecule has 0 radical (unpaired) electrons. The lowest BCUT2D eigenvalue weighted by Crippen LogP contribution is -2.49. The first-order valence-electron chi connectivity index (χ1n) is 12.3. The van der Waals surface area contributed by atoms with Gasteiger partial charge in [0.15, 0.2) is 0 Å². The van der Waals surface area contributed by atoms with Crippen molar-refractivity contribution in [1.29, 1.82) is 5.26 Å². The summed E-state index contributed by atoms with van der Waals surface area (Å²) in [7, 11) is 1.91. The van der Waals surface area contributed by atoms with E-state index in [-0.39, 0.29) is 29.2 Å². The van der Waals surface area contributed by atoms with Gasteiger partial charge in [0.05, 0.1) is 41.7 Å². The van der Waals surface area contributed by atoms with Gasteiger partial charge in [0.1, 0.15) is 23.0 Å². The van der Waals surface area contributed by atoms with Gasteiger partial charge in [0.25, 0.3) is 12.2 Å². The number of nitriles is 1. The van der Waals surface area contributed by atoms with Crippen molar-refractivity contribution in [1.82, 2.24) is 9.91 Å². The Morgan fingerprint density at radius 3 is 2.66 bits per heavy atom. The zero-order chi connectivity index (χ0) is 29.7. The molecule has 41 heavy (non-hydrogen) atoms. The summed E-state index contributed by atoms with van der Waals surface area (Å²) in [6.07, 6.45) is -1.99. The van der Waals surface area contributed by atoms with Gasteiger partial charge in [-0.1, -0.05) is 12.1 Å². The number of benzene rings is 2. The van der Waals surface area contributed by atoms with E-state index in [0.29, 0.717) is 12.3 Å². The maximum atomic E-state index is 12.3. The van der Waals surface area contributed by atoms with E-state index in [9.17, 15) is 25.0 Å². The van der Waals surface area contributed by atoms with Crippen LogP contribution in [0, 0.1) is 21.4 Å². The van der Waals surface area contributed by atoms with Crippen molar-refractivity contribution in [3.05, 3.63) is 80.8 Å². The first-order valence-corrected chi connectivity index (χ1v) is 12.3. The monoisotopic (exact) mass is 562 g/mol. The Kier molecular flexibility index (Phi) is 8.44. The number of esters is 1. The highest BCUT2D eigenvalue weighted by Gasteiger charge is 2.40. The molecule has 2 aliphatic heterocycles. The number of hydrogen-bond donors (Lipinski definition) is 2. The topological polar surface area (TPSA) is 212 Å². The van der Waals surface area contributed by atoms with Crippen molar-refractivity contribution >= 4 is 23.4 Å². The number of nitro groups is 1. The smallest absolute Gasteiger partial charge is 0.352 e. The Bertz CT molecular complexity index is 1530. The van der Waals surface area contributed by atoms with Crippen LogP contribution in [0.3, 0.4) is 0 Å². The van der Waals surface area contributed by atoms with Crippen LogP contribution < -0.4 is 21.1 Å². The largest absolute Gasteiger partial charge is 0.466 e. The lowest BCUT2D eigenvalue weighted by atomic mass is 10.1. The maximum absolute atomic E-state index is 12.3. The van der Waals surface area contributed by atoms with Gasteiger partial charge in [0, 0.05) is 19.2 Å². The second-order valence-electron chi connectivity index (χ2n) is 8.76. The quantitative estimate of drug-likeness (QED) is 0.181. The molecule has 1 atom stereocenters. The Morgan fingerprint density at radius 1 is 1.24 bits per heavy atom.